The molecular formula is C19H17FN2O4S. The van der Waals surface area contributed by atoms with Crippen molar-refractivity contribution >= 4 is 34.9 Å². The second-order valence-corrected chi connectivity index (χ2v) is 6.49. The SMILES string of the molecule is CCOC(=O)CSC1=N/C(=C\c2ccco2)C(=O)N1Cc1ccc(F)cc1. The van der Waals surface area contributed by atoms with Gasteiger partial charge in [0.05, 0.1) is 25.2 Å². The summed E-state index contributed by atoms with van der Waals surface area (Å²) in [5, 5.41) is 0.384. The molecule has 0 unspecified atom stereocenters. The number of rotatable bonds is 6. The van der Waals surface area contributed by atoms with Crippen LogP contribution in [0.4, 0.5) is 4.39 Å². The summed E-state index contributed by atoms with van der Waals surface area (Å²) in [5.74, 6) is -0.519. The molecule has 140 valence electrons. The lowest BCUT2D eigenvalue weighted by molar-refractivity contribution is -0.139. The van der Waals surface area contributed by atoms with Crippen molar-refractivity contribution in [1.29, 1.82) is 0 Å². The predicted octanol–water partition coefficient (Wildman–Crippen LogP) is 3.45. The largest absolute Gasteiger partial charge is 0.465 e. The van der Waals surface area contributed by atoms with Gasteiger partial charge in [-0.3, -0.25) is 14.5 Å². The first-order valence-corrected chi connectivity index (χ1v) is 9.24. The number of nitrogens with zero attached hydrogens (tertiary/aromatic N) is 2. The average molecular weight is 388 g/mol. The zero-order valence-corrected chi connectivity index (χ0v) is 15.4. The lowest BCUT2D eigenvalue weighted by Gasteiger charge is -2.17. The third kappa shape index (κ3) is 4.85. The number of benzene rings is 1. The Hall–Kier alpha value is -2.87. The Morgan fingerprint density at radius 3 is 2.78 bits per heavy atom. The number of hydrogen-bond acceptors (Lipinski definition) is 6. The highest BCUT2D eigenvalue weighted by molar-refractivity contribution is 8.14. The Labute approximate surface area is 159 Å². The summed E-state index contributed by atoms with van der Waals surface area (Å²) in [6.07, 6.45) is 3.04. The van der Waals surface area contributed by atoms with Crippen LogP contribution in [0.2, 0.25) is 0 Å². The van der Waals surface area contributed by atoms with Gasteiger partial charge in [-0.1, -0.05) is 23.9 Å². The van der Waals surface area contributed by atoms with Crippen LogP contribution >= 0.6 is 11.8 Å². The standard InChI is InChI=1S/C19H17FN2O4S/c1-2-25-17(23)12-27-19-21-16(10-15-4-3-9-26-15)18(24)22(19)11-13-5-7-14(20)8-6-13/h3-10H,2,11-12H2,1H3/b16-10-. The summed E-state index contributed by atoms with van der Waals surface area (Å²) in [4.78, 5) is 30.2. The molecule has 8 heteroatoms. The van der Waals surface area contributed by atoms with Crippen molar-refractivity contribution in [3.63, 3.8) is 0 Å². The van der Waals surface area contributed by atoms with Gasteiger partial charge in [0.2, 0.25) is 0 Å². The van der Waals surface area contributed by atoms with E-state index in [1.807, 2.05) is 0 Å². The van der Waals surface area contributed by atoms with E-state index < -0.39 is 0 Å². The number of amides is 1. The topological polar surface area (TPSA) is 72.1 Å². The summed E-state index contributed by atoms with van der Waals surface area (Å²) in [5.41, 5.74) is 0.951. The molecule has 0 atom stereocenters. The molecule has 3 rings (SSSR count). The molecule has 1 amide bonds. The van der Waals surface area contributed by atoms with Crippen LogP contribution in [-0.4, -0.2) is 34.3 Å². The lowest BCUT2D eigenvalue weighted by atomic mass is 10.2. The fourth-order valence-corrected chi connectivity index (χ4v) is 3.18. The third-order valence-corrected chi connectivity index (χ3v) is 4.56. The first-order chi connectivity index (χ1) is 13.1. The lowest BCUT2D eigenvalue weighted by Crippen LogP contribution is -2.30. The van der Waals surface area contributed by atoms with Crippen LogP contribution in [0.3, 0.4) is 0 Å². The molecule has 1 aliphatic heterocycles. The van der Waals surface area contributed by atoms with E-state index in [1.54, 1.807) is 31.2 Å². The summed E-state index contributed by atoms with van der Waals surface area (Å²) < 4.78 is 23.3. The summed E-state index contributed by atoms with van der Waals surface area (Å²) in [6.45, 7) is 2.22. The fourth-order valence-electron chi connectivity index (χ4n) is 2.39. The van der Waals surface area contributed by atoms with Crippen LogP contribution < -0.4 is 0 Å². The van der Waals surface area contributed by atoms with Crippen LogP contribution in [0, 0.1) is 5.82 Å². The third-order valence-electron chi connectivity index (χ3n) is 3.61. The molecule has 2 heterocycles. The van der Waals surface area contributed by atoms with Crippen molar-refractivity contribution in [3.8, 4) is 0 Å². The van der Waals surface area contributed by atoms with Gasteiger partial charge < -0.3 is 9.15 Å². The van der Waals surface area contributed by atoms with Crippen molar-refractivity contribution < 1.29 is 23.1 Å². The van der Waals surface area contributed by atoms with E-state index in [9.17, 15) is 14.0 Å². The van der Waals surface area contributed by atoms with Crippen LogP contribution in [-0.2, 0) is 20.9 Å². The minimum atomic E-state index is -0.386. The van der Waals surface area contributed by atoms with Gasteiger partial charge in [0.15, 0.2) is 5.17 Å². The summed E-state index contributed by atoms with van der Waals surface area (Å²) >= 11 is 1.12. The molecule has 0 saturated heterocycles. The molecule has 0 aliphatic carbocycles. The Balaban J connectivity index is 1.81. The zero-order valence-electron chi connectivity index (χ0n) is 14.6. The highest BCUT2D eigenvalue weighted by Gasteiger charge is 2.31. The molecular weight excluding hydrogens is 371 g/mol. The normalized spacial score (nSPS) is 15.3. The van der Waals surface area contributed by atoms with Gasteiger partial charge in [-0.2, -0.15) is 0 Å². The number of amidine groups is 1. The average Bonchev–Trinajstić information content (AvgIpc) is 3.26. The summed E-state index contributed by atoms with van der Waals surface area (Å²) in [6, 6.07) is 9.29. The first kappa shape index (κ1) is 18.9. The molecule has 1 aromatic carbocycles. The fraction of sp³-hybridized carbons (Fsp3) is 0.211. The Morgan fingerprint density at radius 1 is 1.33 bits per heavy atom. The van der Waals surface area contributed by atoms with Crippen molar-refractivity contribution in [1.82, 2.24) is 4.90 Å². The van der Waals surface area contributed by atoms with Gasteiger partial charge in [-0.05, 0) is 36.8 Å². The molecule has 0 bridgehead atoms. The second-order valence-electron chi connectivity index (χ2n) is 5.55. The molecule has 1 aliphatic rings. The van der Waals surface area contributed by atoms with E-state index in [0.29, 0.717) is 10.9 Å². The smallest absolute Gasteiger partial charge is 0.316 e. The monoisotopic (exact) mass is 388 g/mol. The van der Waals surface area contributed by atoms with E-state index in [4.69, 9.17) is 9.15 Å². The van der Waals surface area contributed by atoms with Gasteiger partial charge in [0.1, 0.15) is 17.3 Å². The van der Waals surface area contributed by atoms with Crippen molar-refractivity contribution in [3.05, 3.63) is 65.5 Å². The number of hydrogen-bond donors (Lipinski definition) is 0. The van der Waals surface area contributed by atoms with Gasteiger partial charge in [0, 0.05) is 6.08 Å². The molecule has 0 radical (unpaired) electrons. The van der Waals surface area contributed by atoms with Crippen molar-refractivity contribution in [2.75, 3.05) is 12.4 Å². The quantitative estimate of drug-likeness (QED) is 0.560. The van der Waals surface area contributed by atoms with Gasteiger partial charge >= 0.3 is 5.97 Å². The van der Waals surface area contributed by atoms with Crippen LogP contribution in [0.1, 0.15) is 18.2 Å². The molecule has 0 spiro atoms. The van der Waals surface area contributed by atoms with E-state index in [-0.39, 0.29) is 42.3 Å². The molecule has 0 N–H and O–H groups in total. The predicted molar refractivity (Wildman–Crippen MR) is 100 cm³/mol. The van der Waals surface area contributed by atoms with E-state index in [1.165, 1.54) is 29.4 Å². The highest BCUT2D eigenvalue weighted by atomic mass is 32.2. The number of esters is 1. The molecule has 0 fully saturated rings. The minimum absolute atomic E-state index is 0.0356. The van der Waals surface area contributed by atoms with Crippen molar-refractivity contribution in [2.24, 2.45) is 4.99 Å². The van der Waals surface area contributed by atoms with Gasteiger partial charge in [-0.15, -0.1) is 0 Å². The Kier molecular flexibility index (Phi) is 6.08. The maximum absolute atomic E-state index is 13.1. The van der Waals surface area contributed by atoms with E-state index >= 15 is 0 Å². The molecule has 2 aromatic rings. The molecule has 27 heavy (non-hydrogen) atoms. The van der Waals surface area contributed by atoms with Crippen LogP contribution in [0.25, 0.3) is 6.08 Å². The zero-order chi connectivity index (χ0) is 19.2. The molecule has 1 aromatic heterocycles. The number of carbonyl (C=O) groups is 2. The maximum Gasteiger partial charge on any atom is 0.316 e. The second kappa shape index (κ2) is 8.68. The number of aliphatic imine (C=N–C) groups is 1. The van der Waals surface area contributed by atoms with Gasteiger partial charge in [-0.25, -0.2) is 9.38 Å². The Morgan fingerprint density at radius 2 is 2.11 bits per heavy atom. The molecule has 0 saturated carbocycles. The van der Waals surface area contributed by atoms with Crippen LogP contribution in [0.15, 0.2) is 57.8 Å². The van der Waals surface area contributed by atoms with Gasteiger partial charge in [0.25, 0.3) is 5.91 Å². The van der Waals surface area contributed by atoms with Crippen LogP contribution in [0.5, 0.6) is 0 Å². The van der Waals surface area contributed by atoms with E-state index in [0.717, 1.165) is 17.3 Å². The maximum atomic E-state index is 13.1. The number of furan rings is 1. The van der Waals surface area contributed by atoms with E-state index in [2.05, 4.69) is 4.99 Å². The number of thioether (sulfide) groups is 1. The number of ether oxygens (including phenoxy) is 1. The number of carbonyl (C=O) groups excluding carboxylic acids is 2. The molecule has 6 nitrogen and oxygen atoms in total. The summed E-state index contributed by atoms with van der Waals surface area (Å²) in [7, 11) is 0. The highest BCUT2D eigenvalue weighted by Crippen LogP contribution is 2.26. The van der Waals surface area contributed by atoms with Crippen molar-refractivity contribution in [2.45, 2.75) is 13.5 Å². The number of halogens is 1. The first-order valence-electron chi connectivity index (χ1n) is 8.25. The Bertz CT molecular complexity index is 876. The minimum Gasteiger partial charge on any atom is -0.465 e.